The number of benzene rings is 1. The molecular formula is C21H28N2O4. The molecule has 6 heteroatoms. The van der Waals surface area contributed by atoms with E-state index in [1.54, 1.807) is 7.11 Å². The van der Waals surface area contributed by atoms with Crippen molar-refractivity contribution in [1.82, 2.24) is 5.32 Å². The molecule has 1 amide bonds. The summed E-state index contributed by atoms with van der Waals surface area (Å²) in [6, 6.07) is 7.84. The third kappa shape index (κ3) is 4.10. The topological polar surface area (TPSA) is 69.2 Å². The summed E-state index contributed by atoms with van der Waals surface area (Å²) in [4.78, 5) is 18.8. The molecule has 0 unspecified atom stereocenters. The van der Waals surface area contributed by atoms with E-state index < -0.39 is 5.41 Å². The Morgan fingerprint density at radius 1 is 1.30 bits per heavy atom. The van der Waals surface area contributed by atoms with Gasteiger partial charge in [-0.15, -0.1) is 0 Å². The molecular weight excluding hydrogens is 344 g/mol. The van der Waals surface area contributed by atoms with Gasteiger partial charge in [-0.25, -0.2) is 0 Å². The molecule has 0 aromatic heterocycles. The van der Waals surface area contributed by atoms with E-state index in [-0.39, 0.29) is 12.0 Å². The van der Waals surface area contributed by atoms with Crippen LogP contribution in [0.25, 0.3) is 0 Å². The van der Waals surface area contributed by atoms with E-state index in [9.17, 15) is 4.79 Å². The smallest absolute Gasteiger partial charge is 0.226 e. The van der Waals surface area contributed by atoms with Crippen LogP contribution in [-0.2, 0) is 14.4 Å². The van der Waals surface area contributed by atoms with E-state index in [4.69, 9.17) is 14.3 Å². The van der Waals surface area contributed by atoms with E-state index in [0.29, 0.717) is 32.0 Å². The second kappa shape index (κ2) is 7.89. The van der Waals surface area contributed by atoms with Crippen LogP contribution in [0.15, 0.2) is 29.4 Å². The van der Waals surface area contributed by atoms with Crippen molar-refractivity contribution in [1.29, 1.82) is 0 Å². The van der Waals surface area contributed by atoms with E-state index in [1.165, 1.54) is 12.8 Å². The average Bonchev–Trinajstić information content (AvgIpc) is 3.44. The Morgan fingerprint density at radius 2 is 2.07 bits per heavy atom. The molecule has 146 valence electrons. The van der Waals surface area contributed by atoms with Crippen LogP contribution < -0.4 is 10.1 Å². The van der Waals surface area contributed by atoms with Gasteiger partial charge < -0.3 is 19.6 Å². The zero-order valence-corrected chi connectivity index (χ0v) is 15.9. The number of oxime groups is 1. The van der Waals surface area contributed by atoms with Gasteiger partial charge in [-0.3, -0.25) is 4.79 Å². The number of para-hydroxylation sites is 1. The molecule has 0 radical (unpaired) electrons. The fourth-order valence-corrected chi connectivity index (χ4v) is 4.05. The zero-order valence-electron chi connectivity index (χ0n) is 15.9. The Bertz CT molecular complexity index is 708. The second-order valence-electron chi connectivity index (χ2n) is 7.92. The number of rotatable bonds is 7. The quantitative estimate of drug-likeness (QED) is 0.799. The highest BCUT2D eigenvalue weighted by Crippen LogP contribution is 2.39. The Kier molecular flexibility index (Phi) is 5.34. The third-order valence-electron chi connectivity index (χ3n) is 5.95. The maximum atomic E-state index is 13.0. The molecule has 27 heavy (non-hydrogen) atoms. The van der Waals surface area contributed by atoms with Crippen LogP contribution in [0.2, 0.25) is 0 Å². The van der Waals surface area contributed by atoms with Gasteiger partial charge in [0.05, 0.1) is 18.2 Å². The molecule has 1 saturated carbocycles. The number of nitrogens with zero attached hydrogens (tertiary/aromatic N) is 1. The number of hydrogen-bond donors (Lipinski definition) is 1. The Balaban J connectivity index is 1.42. The number of nitrogens with one attached hydrogen (secondary N) is 1. The minimum atomic E-state index is -0.413. The molecule has 3 aliphatic rings. The molecule has 1 atom stereocenters. The lowest BCUT2D eigenvalue weighted by molar-refractivity contribution is -0.140. The zero-order chi connectivity index (χ0) is 18.7. The molecule has 1 aliphatic carbocycles. The Labute approximate surface area is 160 Å². The lowest BCUT2D eigenvalue weighted by atomic mass is 9.74. The summed E-state index contributed by atoms with van der Waals surface area (Å²) in [6.45, 7) is 2.06. The van der Waals surface area contributed by atoms with E-state index in [0.717, 1.165) is 36.4 Å². The van der Waals surface area contributed by atoms with E-state index in [1.807, 2.05) is 24.3 Å². The lowest BCUT2D eigenvalue weighted by Crippen LogP contribution is -2.47. The first kappa shape index (κ1) is 18.3. The monoisotopic (exact) mass is 372 g/mol. The van der Waals surface area contributed by atoms with Gasteiger partial charge in [0.25, 0.3) is 0 Å². The Hall–Kier alpha value is -2.08. The number of methoxy groups -OCH3 is 1. The fraction of sp³-hybridized carbons (Fsp3) is 0.619. The standard InChI is InChI=1S/C21H28N2O4/c1-25-19-5-3-2-4-17(19)18-12-16(27-23-18)13-21(8-10-26-11-9-21)20(24)22-14-15-6-7-15/h2-5,15-16H,6-14H2,1H3,(H,22,24)/t16-/m0/s1. The minimum Gasteiger partial charge on any atom is -0.496 e. The number of amides is 1. The van der Waals surface area contributed by atoms with Crippen molar-refractivity contribution in [2.45, 2.75) is 44.6 Å². The molecule has 2 aliphatic heterocycles. The van der Waals surface area contributed by atoms with Crippen molar-refractivity contribution < 1.29 is 19.1 Å². The average molecular weight is 372 g/mol. The first-order valence-electron chi connectivity index (χ1n) is 9.92. The number of hydrogen-bond acceptors (Lipinski definition) is 5. The van der Waals surface area contributed by atoms with Gasteiger partial charge in [0.2, 0.25) is 5.91 Å². The lowest BCUT2D eigenvalue weighted by Gasteiger charge is -2.37. The van der Waals surface area contributed by atoms with Gasteiger partial charge >= 0.3 is 0 Å². The summed E-state index contributed by atoms with van der Waals surface area (Å²) in [5.41, 5.74) is 1.43. The van der Waals surface area contributed by atoms with Gasteiger partial charge in [-0.1, -0.05) is 17.3 Å². The molecule has 1 aromatic rings. The van der Waals surface area contributed by atoms with Crippen LogP contribution >= 0.6 is 0 Å². The molecule has 1 N–H and O–H groups in total. The Morgan fingerprint density at radius 3 is 2.81 bits per heavy atom. The van der Waals surface area contributed by atoms with Crippen LogP contribution in [-0.4, -0.2) is 44.6 Å². The first-order valence-corrected chi connectivity index (χ1v) is 9.92. The second-order valence-corrected chi connectivity index (χ2v) is 7.92. The van der Waals surface area contributed by atoms with Gasteiger partial charge in [-0.2, -0.15) is 0 Å². The molecule has 2 fully saturated rings. The van der Waals surface area contributed by atoms with Crippen LogP contribution in [0.3, 0.4) is 0 Å². The van der Waals surface area contributed by atoms with E-state index in [2.05, 4.69) is 10.5 Å². The van der Waals surface area contributed by atoms with Gasteiger partial charge in [-0.05, 0) is 43.7 Å². The largest absolute Gasteiger partial charge is 0.496 e. The highest BCUT2D eigenvalue weighted by Gasteiger charge is 2.44. The van der Waals surface area contributed by atoms with Gasteiger partial charge in [0.15, 0.2) is 0 Å². The summed E-state index contributed by atoms with van der Waals surface area (Å²) in [6.07, 6.45) is 5.24. The summed E-state index contributed by atoms with van der Waals surface area (Å²) in [7, 11) is 1.66. The first-order chi connectivity index (χ1) is 13.2. The van der Waals surface area contributed by atoms with E-state index >= 15 is 0 Å². The summed E-state index contributed by atoms with van der Waals surface area (Å²) < 4.78 is 11.0. The maximum Gasteiger partial charge on any atom is 0.226 e. The normalized spacial score (nSPS) is 24.0. The minimum absolute atomic E-state index is 0.0883. The SMILES string of the molecule is COc1ccccc1C1=NO[C@H](CC2(C(=O)NCC3CC3)CCOCC2)C1. The van der Waals surface area contributed by atoms with Crippen molar-refractivity contribution in [2.75, 3.05) is 26.9 Å². The molecule has 0 spiro atoms. The maximum absolute atomic E-state index is 13.0. The van der Waals surface area contributed by atoms with Crippen LogP contribution in [0.5, 0.6) is 5.75 Å². The van der Waals surface area contributed by atoms with Gasteiger partial charge in [0.1, 0.15) is 11.9 Å². The molecule has 2 heterocycles. The molecule has 6 nitrogen and oxygen atoms in total. The highest BCUT2D eigenvalue weighted by molar-refractivity contribution is 6.03. The number of carbonyl (C=O) groups excluding carboxylic acids is 1. The fourth-order valence-electron chi connectivity index (χ4n) is 4.05. The van der Waals surface area contributed by atoms with Crippen molar-refractivity contribution in [2.24, 2.45) is 16.5 Å². The number of carbonyl (C=O) groups is 1. The van der Waals surface area contributed by atoms with Crippen molar-refractivity contribution >= 4 is 11.6 Å². The number of ether oxygens (including phenoxy) is 2. The van der Waals surface area contributed by atoms with Crippen molar-refractivity contribution in [3.63, 3.8) is 0 Å². The third-order valence-corrected chi connectivity index (χ3v) is 5.95. The van der Waals surface area contributed by atoms with Crippen molar-refractivity contribution in [3.05, 3.63) is 29.8 Å². The highest BCUT2D eigenvalue weighted by atomic mass is 16.6. The molecule has 1 saturated heterocycles. The summed E-state index contributed by atoms with van der Waals surface area (Å²) >= 11 is 0. The van der Waals surface area contributed by atoms with Gasteiger partial charge in [0, 0.05) is 38.2 Å². The predicted molar refractivity (Wildman–Crippen MR) is 102 cm³/mol. The van der Waals surface area contributed by atoms with Crippen LogP contribution in [0, 0.1) is 11.3 Å². The molecule has 4 rings (SSSR count). The summed E-state index contributed by atoms with van der Waals surface area (Å²) in [5.74, 6) is 1.63. The summed E-state index contributed by atoms with van der Waals surface area (Å²) in [5, 5.41) is 7.49. The predicted octanol–water partition coefficient (Wildman–Crippen LogP) is 2.90. The van der Waals surface area contributed by atoms with Crippen molar-refractivity contribution in [3.8, 4) is 5.75 Å². The van der Waals surface area contributed by atoms with Crippen LogP contribution in [0.4, 0.5) is 0 Å². The molecule has 0 bridgehead atoms. The van der Waals surface area contributed by atoms with Crippen LogP contribution in [0.1, 0.15) is 44.1 Å². The molecule has 1 aromatic carbocycles.